The lowest BCUT2D eigenvalue weighted by molar-refractivity contribution is -0.118. The Hall–Kier alpha value is -2.96. The number of hydrogen-bond acceptors (Lipinski definition) is 5. The van der Waals surface area contributed by atoms with Crippen molar-refractivity contribution in [2.45, 2.75) is 13.0 Å². The molecule has 3 rings (SSSR count). The number of aromatic nitrogens is 2. The summed E-state index contributed by atoms with van der Waals surface area (Å²) in [7, 11) is 1.70. The molecule has 0 spiro atoms. The van der Waals surface area contributed by atoms with Crippen molar-refractivity contribution in [2.75, 3.05) is 19.0 Å². The van der Waals surface area contributed by atoms with E-state index in [1.54, 1.807) is 24.2 Å². The molecule has 1 atom stereocenters. The molecule has 1 aliphatic rings. The summed E-state index contributed by atoms with van der Waals surface area (Å²) >= 11 is 0. The number of amides is 2. The van der Waals surface area contributed by atoms with Crippen molar-refractivity contribution in [3.8, 4) is 5.88 Å². The molecule has 0 saturated carbocycles. The van der Waals surface area contributed by atoms with Gasteiger partial charge < -0.3 is 15.0 Å². The molecule has 1 unspecified atom stereocenters. The topological polar surface area (TPSA) is 84.4 Å². The number of nitrogens with one attached hydrogen (secondary N) is 1. The number of nitrogens with zero attached hydrogens (tertiary/aromatic N) is 3. The van der Waals surface area contributed by atoms with Crippen molar-refractivity contribution in [2.24, 2.45) is 0 Å². The Kier molecular flexibility index (Phi) is 3.92. The number of carbonyl (C=O) groups excluding carboxylic acids is 2. The van der Waals surface area contributed by atoms with Crippen LogP contribution in [-0.2, 0) is 4.79 Å². The number of rotatable bonds is 3. The summed E-state index contributed by atoms with van der Waals surface area (Å²) < 4.78 is 5.19. The summed E-state index contributed by atoms with van der Waals surface area (Å²) in [4.78, 5) is 33.9. The lowest BCUT2D eigenvalue weighted by Gasteiger charge is -2.25. The van der Waals surface area contributed by atoms with Gasteiger partial charge in [-0.05, 0) is 25.1 Å². The second kappa shape index (κ2) is 6.04. The van der Waals surface area contributed by atoms with Crippen LogP contribution in [0.25, 0.3) is 0 Å². The minimum absolute atomic E-state index is 0.0656. The molecule has 3 heterocycles. The summed E-state index contributed by atoms with van der Waals surface area (Å²) in [6.45, 7) is 1.83. The molecule has 7 heteroatoms. The highest BCUT2D eigenvalue weighted by atomic mass is 16.5. The molecule has 0 aromatic carbocycles. The maximum atomic E-state index is 12.6. The van der Waals surface area contributed by atoms with E-state index in [2.05, 4.69) is 15.3 Å². The largest absolute Gasteiger partial charge is 0.466 e. The molecule has 0 radical (unpaired) electrons. The SMILES string of the molecule is CC(c1ccccn1)N(C)C(=O)c1cnc2c(c1)NC(=O)CO2. The van der Waals surface area contributed by atoms with Crippen LogP contribution in [0.2, 0.25) is 0 Å². The Bertz CT molecular complexity index is 748. The highest BCUT2D eigenvalue weighted by molar-refractivity contribution is 5.99. The molecule has 1 N–H and O–H groups in total. The number of carbonyl (C=O) groups is 2. The van der Waals surface area contributed by atoms with Gasteiger partial charge in [-0.2, -0.15) is 0 Å². The van der Waals surface area contributed by atoms with Gasteiger partial charge in [-0.25, -0.2) is 4.98 Å². The van der Waals surface area contributed by atoms with E-state index in [0.29, 0.717) is 17.1 Å². The minimum atomic E-state index is -0.265. The van der Waals surface area contributed by atoms with E-state index < -0.39 is 0 Å². The van der Waals surface area contributed by atoms with Gasteiger partial charge in [-0.1, -0.05) is 6.07 Å². The molecule has 2 aromatic heterocycles. The molecular formula is C16H16N4O3. The molecule has 0 bridgehead atoms. The van der Waals surface area contributed by atoms with E-state index in [1.807, 2.05) is 25.1 Å². The number of anilines is 1. The molecule has 0 aliphatic carbocycles. The van der Waals surface area contributed by atoms with Crippen LogP contribution in [0, 0.1) is 0 Å². The summed E-state index contributed by atoms with van der Waals surface area (Å²) in [6, 6.07) is 6.96. The van der Waals surface area contributed by atoms with Crippen LogP contribution < -0.4 is 10.1 Å². The molecule has 2 aromatic rings. The number of pyridine rings is 2. The Morgan fingerprint density at radius 1 is 1.39 bits per heavy atom. The Labute approximate surface area is 133 Å². The Morgan fingerprint density at radius 2 is 2.22 bits per heavy atom. The summed E-state index contributed by atoms with van der Waals surface area (Å²) in [5, 5.41) is 2.65. The normalized spacial score (nSPS) is 14.3. The number of fused-ring (bicyclic) bond motifs is 1. The van der Waals surface area contributed by atoms with E-state index in [0.717, 1.165) is 5.69 Å². The van der Waals surface area contributed by atoms with Gasteiger partial charge in [0.2, 0.25) is 5.88 Å². The fourth-order valence-electron chi connectivity index (χ4n) is 2.29. The third kappa shape index (κ3) is 2.98. The molecule has 23 heavy (non-hydrogen) atoms. The van der Waals surface area contributed by atoms with Crippen molar-refractivity contribution in [3.63, 3.8) is 0 Å². The second-order valence-electron chi connectivity index (χ2n) is 5.26. The summed E-state index contributed by atoms with van der Waals surface area (Å²) in [5.41, 5.74) is 1.58. The first-order valence-electron chi connectivity index (χ1n) is 7.17. The standard InChI is InChI=1S/C16H16N4O3/c1-10(12-5-3-4-6-17-12)20(2)16(22)11-7-13-15(18-8-11)23-9-14(21)19-13/h3-8,10H,9H2,1-2H3,(H,19,21). The van der Waals surface area contributed by atoms with Crippen LogP contribution in [0.15, 0.2) is 36.7 Å². The highest BCUT2D eigenvalue weighted by Gasteiger charge is 2.23. The molecule has 2 amide bonds. The van der Waals surface area contributed by atoms with E-state index in [4.69, 9.17) is 4.74 Å². The number of ether oxygens (including phenoxy) is 1. The van der Waals surface area contributed by atoms with Crippen LogP contribution >= 0.6 is 0 Å². The third-order valence-corrected chi connectivity index (χ3v) is 3.73. The molecule has 0 saturated heterocycles. The fraction of sp³-hybridized carbons (Fsp3) is 0.250. The minimum Gasteiger partial charge on any atom is -0.466 e. The smallest absolute Gasteiger partial charge is 0.262 e. The van der Waals surface area contributed by atoms with E-state index in [-0.39, 0.29) is 24.5 Å². The average molecular weight is 312 g/mol. The predicted octanol–water partition coefficient (Wildman–Crippen LogP) is 1.64. The van der Waals surface area contributed by atoms with E-state index in [1.165, 1.54) is 6.20 Å². The van der Waals surface area contributed by atoms with Crippen LogP contribution in [-0.4, -0.2) is 40.3 Å². The van der Waals surface area contributed by atoms with Gasteiger partial charge >= 0.3 is 0 Å². The lowest BCUT2D eigenvalue weighted by atomic mass is 10.1. The molecule has 118 valence electrons. The van der Waals surface area contributed by atoms with Crippen LogP contribution in [0.1, 0.15) is 29.0 Å². The second-order valence-corrected chi connectivity index (χ2v) is 5.26. The van der Waals surface area contributed by atoms with Crippen LogP contribution in [0.4, 0.5) is 5.69 Å². The van der Waals surface area contributed by atoms with Gasteiger partial charge in [-0.3, -0.25) is 14.6 Å². The monoisotopic (exact) mass is 312 g/mol. The van der Waals surface area contributed by atoms with Gasteiger partial charge in [0.05, 0.1) is 17.3 Å². The zero-order valence-electron chi connectivity index (χ0n) is 12.8. The van der Waals surface area contributed by atoms with Gasteiger partial charge in [-0.15, -0.1) is 0 Å². The first-order valence-corrected chi connectivity index (χ1v) is 7.17. The van der Waals surface area contributed by atoms with Gasteiger partial charge in [0, 0.05) is 19.4 Å². The van der Waals surface area contributed by atoms with Crippen molar-refractivity contribution < 1.29 is 14.3 Å². The molecule has 7 nitrogen and oxygen atoms in total. The zero-order chi connectivity index (χ0) is 16.4. The van der Waals surface area contributed by atoms with Crippen molar-refractivity contribution in [1.29, 1.82) is 0 Å². The Morgan fingerprint density at radius 3 is 2.96 bits per heavy atom. The first-order chi connectivity index (χ1) is 11.1. The zero-order valence-corrected chi connectivity index (χ0v) is 12.8. The fourth-order valence-corrected chi connectivity index (χ4v) is 2.29. The van der Waals surface area contributed by atoms with Crippen molar-refractivity contribution in [1.82, 2.24) is 14.9 Å². The Balaban J connectivity index is 1.82. The molecular weight excluding hydrogens is 296 g/mol. The summed E-state index contributed by atoms with van der Waals surface area (Å²) in [6.07, 6.45) is 3.14. The quantitative estimate of drug-likeness (QED) is 0.931. The maximum Gasteiger partial charge on any atom is 0.262 e. The van der Waals surface area contributed by atoms with E-state index >= 15 is 0 Å². The van der Waals surface area contributed by atoms with Gasteiger partial charge in [0.15, 0.2) is 6.61 Å². The van der Waals surface area contributed by atoms with E-state index in [9.17, 15) is 9.59 Å². The third-order valence-electron chi connectivity index (χ3n) is 3.73. The maximum absolute atomic E-state index is 12.6. The lowest BCUT2D eigenvalue weighted by Crippen LogP contribution is -2.31. The van der Waals surface area contributed by atoms with Gasteiger partial charge in [0.25, 0.3) is 11.8 Å². The van der Waals surface area contributed by atoms with Crippen molar-refractivity contribution in [3.05, 3.63) is 47.9 Å². The van der Waals surface area contributed by atoms with Crippen LogP contribution in [0.3, 0.4) is 0 Å². The average Bonchev–Trinajstić information content (AvgIpc) is 2.59. The summed E-state index contributed by atoms with van der Waals surface area (Å²) in [5.74, 6) is -0.154. The van der Waals surface area contributed by atoms with Gasteiger partial charge in [0.1, 0.15) is 5.69 Å². The van der Waals surface area contributed by atoms with Crippen LogP contribution in [0.5, 0.6) is 5.88 Å². The first kappa shape index (κ1) is 15.0. The van der Waals surface area contributed by atoms with Crippen molar-refractivity contribution >= 4 is 17.5 Å². The number of hydrogen-bond donors (Lipinski definition) is 1. The molecule has 0 fully saturated rings. The molecule has 1 aliphatic heterocycles. The highest BCUT2D eigenvalue weighted by Crippen LogP contribution is 2.27. The predicted molar refractivity (Wildman–Crippen MR) is 83.1 cm³/mol.